The van der Waals surface area contributed by atoms with Crippen LogP contribution in [0.4, 0.5) is 0 Å². The van der Waals surface area contributed by atoms with Gasteiger partial charge in [-0.25, -0.2) is 0 Å². The summed E-state index contributed by atoms with van der Waals surface area (Å²) in [5.74, 6) is 1.27. The van der Waals surface area contributed by atoms with Gasteiger partial charge in [0.15, 0.2) is 5.43 Å². The van der Waals surface area contributed by atoms with Gasteiger partial charge in [-0.1, -0.05) is 0 Å². The number of aromatic amines is 1. The fourth-order valence-electron chi connectivity index (χ4n) is 1.99. The number of aromatic nitrogens is 1. The van der Waals surface area contributed by atoms with Crippen LogP contribution in [0.1, 0.15) is 19.5 Å². The van der Waals surface area contributed by atoms with Crippen molar-refractivity contribution in [2.45, 2.75) is 20.8 Å². The Bertz CT molecular complexity index is 616. The van der Waals surface area contributed by atoms with Crippen molar-refractivity contribution in [1.29, 1.82) is 0 Å². The highest BCUT2D eigenvalue weighted by Crippen LogP contribution is 2.29. The van der Waals surface area contributed by atoms with Crippen LogP contribution < -0.4 is 14.9 Å². The van der Waals surface area contributed by atoms with E-state index in [1.807, 2.05) is 26.8 Å². The minimum Gasteiger partial charge on any atom is -0.493 e. The van der Waals surface area contributed by atoms with Gasteiger partial charge in [0.1, 0.15) is 11.5 Å². The van der Waals surface area contributed by atoms with Crippen molar-refractivity contribution in [3.63, 3.8) is 0 Å². The Morgan fingerprint density at radius 2 is 1.72 bits per heavy atom. The van der Waals surface area contributed by atoms with Crippen LogP contribution in [-0.4, -0.2) is 18.2 Å². The summed E-state index contributed by atoms with van der Waals surface area (Å²) in [4.78, 5) is 15.3. The molecular weight excluding hydrogens is 230 g/mol. The average molecular weight is 247 g/mol. The summed E-state index contributed by atoms with van der Waals surface area (Å²) >= 11 is 0. The second-order valence-corrected chi connectivity index (χ2v) is 3.99. The van der Waals surface area contributed by atoms with Crippen LogP contribution in [0.25, 0.3) is 10.9 Å². The van der Waals surface area contributed by atoms with E-state index in [1.165, 1.54) is 0 Å². The Hall–Kier alpha value is -1.97. The lowest BCUT2D eigenvalue weighted by atomic mass is 10.1. The first kappa shape index (κ1) is 12.5. The largest absolute Gasteiger partial charge is 0.493 e. The number of hydrogen-bond acceptors (Lipinski definition) is 3. The molecule has 2 aromatic rings. The number of rotatable bonds is 4. The lowest BCUT2D eigenvalue weighted by Crippen LogP contribution is -2.07. The molecule has 0 saturated heterocycles. The van der Waals surface area contributed by atoms with Crippen LogP contribution in [-0.2, 0) is 0 Å². The van der Waals surface area contributed by atoms with Gasteiger partial charge in [-0.05, 0) is 32.9 Å². The molecule has 0 aliphatic rings. The standard InChI is InChI=1S/C14H17NO3/c1-4-17-11-6-7-12(18-5-2)14-13(11)10(16)8-9(3)15-14/h6-8H,4-5H2,1-3H3,(H,15,16). The van der Waals surface area contributed by atoms with E-state index in [-0.39, 0.29) is 5.43 Å². The Kier molecular flexibility index (Phi) is 3.55. The summed E-state index contributed by atoms with van der Waals surface area (Å²) < 4.78 is 11.0. The molecule has 0 atom stereocenters. The molecule has 0 unspecified atom stereocenters. The van der Waals surface area contributed by atoms with Gasteiger partial charge < -0.3 is 14.5 Å². The van der Waals surface area contributed by atoms with Gasteiger partial charge in [0.2, 0.25) is 0 Å². The summed E-state index contributed by atoms with van der Waals surface area (Å²) in [5, 5.41) is 0.549. The van der Waals surface area contributed by atoms with Crippen molar-refractivity contribution in [3.8, 4) is 11.5 Å². The summed E-state index contributed by atoms with van der Waals surface area (Å²) in [6.07, 6.45) is 0. The zero-order valence-corrected chi connectivity index (χ0v) is 10.9. The maximum Gasteiger partial charge on any atom is 0.193 e. The van der Waals surface area contributed by atoms with Crippen molar-refractivity contribution >= 4 is 10.9 Å². The maximum absolute atomic E-state index is 12.1. The molecule has 0 fully saturated rings. The Morgan fingerprint density at radius 1 is 1.11 bits per heavy atom. The Labute approximate surface area is 106 Å². The molecule has 0 radical (unpaired) electrons. The molecule has 0 aliphatic carbocycles. The van der Waals surface area contributed by atoms with E-state index in [1.54, 1.807) is 12.1 Å². The van der Waals surface area contributed by atoms with E-state index < -0.39 is 0 Å². The highest BCUT2D eigenvalue weighted by molar-refractivity contribution is 5.90. The van der Waals surface area contributed by atoms with Gasteiger partial charge in [0, 0.05) is 11.8 Å². The SMILES string of the molecule is CCOc1ccc(OCC)c2c(=O)cc(C)[nH]c12. The topological polar surface area (TPSA) is 51.3 Å². The predicted molar refractivity (Wildman–Crippen MR) is 71.6 cm³/mol. The van der Waals surface area contributed by atoms with Crippen molar-refractivity contribution in [2.75, 3.05) is 13.2 Å². The molecule has 2 rings (SSSR count). The molecule has 96 valence electrons. The Morgan fingerprint density at radius 3 is 2.39 bits per heavy atom. The number of pyridine rings is 1. The number of nitrogens with one attached hydrogen (secondary N) is 1. The molecule has 1 heterocycles. The first-order valence-corrected chi connectivity index (χ1v) is 6.09. The van der Waals surface area contributed by atoms with E-state index in [4.69, 9.17) is 9.47 Å². The van der Waals surface area contributed by atoms with E-state index in [9.17, 15) is 4.79 Å². The van der Waals surface area contributed by atoms with Gasteiger partial charge in [0.05, 0.1) is 24.1 Å². The molecule has 0 bridgehead atoms. The number of ether oxygens (including phenoxy) is 2. The lowest BCUT2D eigenvalue weighted by Gasteiger charge is -2.12. The normalized spacial score (nSPS) is 10.6. The first-order chi connectivity index (χ1) is 8.67. The number of H-pyrrole nitrogens is 1. The third-order valence-electron chi connectivity index (χ3n) is 2.64. The minimum absolute atomic E-state index is 0.0498. The molecule has 18 heavy (non-hydrogen) atoms. The molecule has 1 aromatic heterocycles. The van der Waals surface area contributed by atoms with E-state index in [0.717, 1.165) is 5.69 Å². The molecule has 0 aliphatic heterocycles. The number of fused-ring (bicyclic) bond motifs is 1. The molecule has 4 heteroatoms. The summed E-state index contributed by atoms with van der Waals surface area (Å²) in [6, 6.07) is 5.17. The van der Waals surface area contributed by atoms with Crippen molar-refractivity contribution < 1.29 is 9.47 Å². The van der Waals surface area contributed by atoms with Crippen LogP contribution in [0, 0.1) is 6.92 Å². The maximum atomic E-state index is 12.1. The molecule has 0 saturated carbocycles. The van der Waals surface area contributed by atoms with Crippen molar-refractivity contribution in [3.05, 3.63) is 34.1 Å². The quantitative estimate of drug-likeness (QED) is 0.903. The smallest absolute Gasteiger partial charge is 0.193 e. The van der Waals surface area contributed by atoms with Crippen LogP contribution >= 0.6 is 0 Å². The third kappa shape index (κ3) is 2.18. The third-order valence-corrected chi connectivity index (χ3v) is 2.64. The summed E-state index contributed by atoms with van der Waals surface area (Å²) in [6.45, 7) is 6.74. The van der Waals surface area contributed by atoms with Crippen LogP contribution in [0.2, 0.25) is 0 Å². The zero-order chi connectivity index (χ0) is 13.1. The highest BCUT2D eigenvalue weighted by atomic mass is 16.5. The summed E-state index contributed by atoms with van der Waals surface area (Å²) in [5.41, 5.74) is 1.46. The van der Waals surface area contributed by atoms with Gasteiger partial charge in [0.25, 0.3) is 0 Å². The molecule has 4 nitrogen and oxygen atoms in total. The van der Waals surface area contributed by atoms with Crippen LogP contribution in [0.15, 0.2) is 23.0 Å². The number of benzene rings is 1. The molecule has 1 aromatic carbocycles. The van der Waals surface area contributed by atoms with Gasteiger partial charge in [-0.3, -0.25) is 4.79 Å². The zero-order valence-electron chi connectivity index (χ0n) is 10.9. The Balaban J connectivity index is 2.77. The van der Waals surface area contributed by atoms with E-state index in [0.29, 0.717) is 35.6 Å². The monoisotopic (exact) mass is 247 g/mol. The predicted octanol–water partition coefficient (Wildman–Crippen LogP) is 2.63. The molecule has 1 N–H and O–H groups in total. The summed E-state index contributed by atoms with van der Waals surface area (Å²) in [7, 11) is 0. The number of aryl methyl sites for hydroxylation is 1. The van der Waals surface area contributed by atoms with Gasteiger partial charge in [-0.2, -0.15) is 0 Å². The molecule has 0 spiro atoms. The molecular formula is C14H17NO3. The van der Waals surface area contributed by atoms with E-state index in [2.05, 4.69) is 4.98 Å². The van der Waals surface area contributed by atoms with Gasteiger partial charge in [-0.15, -0.1) is 0 Å². The lowest BCUT2D eigenvalue weighted by molar-refractivity contribution is 0.336. The van der Waals surface area contributed by atoms with Gasteiger partial charge >= 0.3 is 0 Å². The van der Waals surface area contributed by atoms with Crippen LogP contribution in [0.5, 0.6) is 11.5 Å². The number of hydrogen-bond donors (Lipinski definition) is 1. The second-order valence-electron chi connectivity index (χ2n) is 3.99. The van der Waals surface area contributed by atoms with Crippen molar-refractivity contribution in [2.24, 2.45) is 0 Å². The fraction of sp³-hybridized carbons (Fsp3) is 0.357. The second kappa shape index (κ2) is 5.12. The fourth-order valence-corrected chi connectivity index (χ4v) is 1.99. The average Bonchev–Trinajstić information content (AvgIpc) is 2.32. The highest BCUT2D eigenvalue weighted by Gasteiger charge is 2.12. The molecule has 0 amide bonds. The minimum atomic E-state index is -0.0498. The van der Waals surface area contributed by atoms with Crippen molar-refractivity contribution in [1.82, 2.24) is 4.98 Å². The first-order valence-electron chi connectivity index (χ1n) is 6.09. The van der Waals surface area contributed by atoms with E-state index >= 15 is 0 Å². The van der Waals surface area contributed by atoms with Crippen LogP contribution in [0.3, 0.4) is 0 Å².